The number of carbonyl (C=O) groups is 1. The van der Waals surface area contributed by atoms with Crippen LogP contribution in [-0.4, -0.2) is 29.0 Å². The molecule has 43 heavy (non-hydrogen) atoms. The average molecular weight is 652 g/mol. The van der Waals surface area contributed by atoms with Crippen molar-refractivity contribution in [2.45, 2.75) is 24.5 Å². The zero-order chi connectivity index (χ0) is 31.6. The van der Waals surface area contributed by atoms with E-state index in [1.54, 1.807) is 30.3 Å². The van der Waals surface area contributed by atoms with Crippen LogP contribution in [0.2, 0.25) is 5.02 Å². The Bertz CT molecular complexity index is 1870. The SMILES string of the molecule is Cc1cccc(N(Cc2ccc(C(=O)Nc3ccc(S(=O)(=O)Nc4ccc(Cl)c(C(F)(F)F)c4)cc3)cc2)S(C)(=O)=O)c1. The number of sulfonamides is 2. The molecule has 0 spiro atoms. The van der Waals surface area contributed by atoms with Crippen molar-refractivity contribution in [3.63, 3.8) is 0 Å². The predicted octanol–water partition coefficient (Wildman–Crippen LogP) is 6.69. The molecule has 0 aliphatic rings. The molecule has 0 aliphatic carbocycles. The first-order chi connectivity index (χ1) is 20.0. The number of halogens is 4. The molecule has 0 aliphatic heterocycles. The fourth-order valence-corrected chi connectivity index (χ4v) is 6.21. The lowest BCUT2D eigenvalue weighted by atomic mass is 10.1. The van der Waals surface area contributed by atoms with E-state index in [-0.39, 0.29) is 28.4 Å². The van der Waals surface area contributed by atoms with Gasteiger partial charge in [0.2, 0.25) is 10.0 Å². The molecule has 4 aromatic rings. The molecule has 0 saturated heterocycles. The number of rotatable bonds is 9. The Labute approximate surface area is 252 Å². The maximum Gasteiger partial charge on any atom is 0.417 e. The van der Waals surface area contributed by atoms with Crippen molar-refractivity contribution >= 4 is 54.6 Å². The van der Waals surface area contributed by atoms with E-state index in [1.165, 1.54) is 40.7 Å². The Morgan fingerprint density at radius 1 is 0.860 bits per heavy atom. The van der Waals surface area contributed by atoms with Crippen LogP contribution in [0, 0.1) is 6.92 Å². The average Bonchev–Trinajstić information content (AvgIpc) is 2.92. The third-order valence-corrected chi connectivity index (χ3v) is 9.05. The van der Waals surface area contributed by atoms with Crippen LogP contribution in [0.5, 0.6) is 0 Å². The standard InChI is InChI=1S/C29H25ClF3N3O5S2/c1-19-4-3-5-24(16-19)36(42(2,38)39)18-20-6-8-21(9-7-20)28(37)34-22-10-13-25(14-11-22)43(40,41)35-23-12-15-27(30)26(17-23)29(31,32)33/h3-17,35H,18H2,1-2H3,(H,34,37). The van der Waals surface area contributed by atoms with Gasteiger partial charge in [0.15, 0.2) is 0 Å². The molecule has 226 valence electrons. The van der Waals surface area contributed by atoms with Gasteiger partial charge in [-0.05, 0) is 84.8 Å². The van der Waals surface area contributed by atoms with Crippen LogP contribution >= 0.6 is 11.6 Å². The Kier molecular flexibility index (Phi) is 9.09. The van der Waals surface area contributed by atoms with Gasteiger partial charge in [0, 0.05) is 16.9 Å². The summed E-state index contributed by atoms with van der Waals surface area (Å²) in [5, 5.41) is 2.07. The van der Waals surface area contributed by atoms with E-state index in [4.69, 9.17) is 11.6 Å². The summed E-state index contributed by atoms with van der Waals surface area (Å²) < 4.78 is 93.1. The second-order valence-electron chi connectivity index (χ2n) is 9.58. The topological polar surface area (TPSA) is 113 Å². The van der Waals surface area contributed by atoms with Crippen molar-refractivity contribution in [1.82, 2.24) is 0 Å². The molecule has 4 aromatic carbocycles. The Morgan fingerprint density at radius 3 is 2.07 bits per heavy atom. The van der Waals surface area contributed by atoms with Gasteiger partial charge in [0.1, 0.15) is 0 Å². The number of hydrogen-bond donors (Lipinski definition) is 2. The van der Waals surface area contributed by atoms with Gasteiger partial charge in [-0.15, -0.1) is 0 Å². The quantitative estimate of drug-likeness (QED) is 0.210. The predicted molar refractivity (Wildman–Crippen MR) is 160 cm³/mol. The highest BCUT2D eigenvalue weighted by molar-refractivity contribution is 7.92. The molecule has 0 heterocycles. The van der Waals surface area contributed by atoms with E-state index in [0.717, 1.165) is 24.0 Å². The van der Waals surface area contributed by atoms with Gasteiger partial charge in [-0.3, -0.25) is 13.8 Å². The highest BCUT2D eigenvalue weighted by Crippen LogP contribution is 2.36. The molecule has 0 radical (unpaired) electrons. The number of nitrogens with one attached hydrogen (secondary N) is 2. The summed E-state index contributed by atoms with van der Waals surface area (Å²) in [5.74, 6) is -0.500. The third kappa shape index (κ3) is 8.06. The van der Waals surface area contributed by atoms with Crippen LogP contribution in [0.1, 0.15) is 27.0 Å². The monoisotopic (exact) mass is 651 g/mol. The van der Waals surface area contributed by atoms with Gasteiger partial charge in [0.05, 0.1) is 34.0 Å². The molecule has 0 fully saturated rings. The number of alkyl halides is 3. The van der Waals surface area contributed by atoms with Gasteiger partial charge >= 0.3 is 6.18 Å². The fourth-order valence-electron chi connectivity index (χ4n) is 4.05. The lowest BCUT2D eigenvalue weighted by Crippen LogP contribution is -2.29. The summed E-state index contributed by atoms with van der Waals surface area (Å²) in [6.45, 7) is 1.92. The van der Waals surface area contributed by atoms with Crippen molar-refractivity contribution in [2.75, 3.05) is 20.6 Å². The minimum Gasteiger partial charge on any atom is -0.322 e. The zero-order valence-electron chi connectivity index (χ0n) is 22.7. The molecule has 14 heteroatoms. The molecule has 2 N–H and O–H groups in total. The zero-order valence-corrected chi connectivity index (χ0v) is 25.1. The number of anilines is 3. The van der Waals surface area contributed by atoms with Crippen LogP contribution < -0.4 is 14.3 Å². The van der Waals surface area contributed by atoms with Crippen molar-refractivity contribution in [2.24, 2.45) is 0 Å². The Hall–Kier alpha value is -4.07. The maximum absolute atomic E-state index is 13.1. The van der Waals surface area contributed by atoms with Crippen LogP contribution in [0.25, 0.3) is 0 Å². The van der Waals surface area contributed by atoms with Crippen molar-refractivity contribution in [3.8, 4) is 0 Å². The van der Waals surface area contributed by atoms with E-state index < -0.39 is 42.7 Å². The fraction of sp³-hybridized carbons (Fsp3) is 0.138. The number of benzene rings is 4. The molecular weight excluding hydrogens is 627 g/mol. The van der Waals surface area contributed by atoms with Gasteiger partial charge in [-0.1, -0.05) is 35.9 Å². The van der Waals surface area contributed by atoms with Crippen LogP contribution in [0.15, 0.2) is 95.9 Å². The summed E-state index contributed by atoms with van der Waals surface area (Å²) in [7, 11) is -7.84. The molecule has 8 nitrogen and oxygen atoms in total. The van der Waals surface area contributed by atoms with E-state index in [0.29, 0.717) is 17.3 Å². The third-order valence-electron chi connectivity index (χ3n) is 6.18. The highest BCUT2D eigenvalue weighted by atomic mass is 35.5. The lowest BCUT2D eigenvalue weighted by molar-refractivity contribution is -0.137. The molecule has 0 unspecified atom stereocenters. The lowest BCUT2D eigenvalue weighted by Gasteiger charge is -2.23. The summed E-state index contributed by atoms with van der Waals surface area (Å²) in [6, 6.07) is 21.1. The van der Waals surface area contributed by atoms with Gasteiger partial charge < -0.3 is 5.32 Å². The van der Waals surface area contributed by atoms with E-state index in [1.807, 2.05) is 13.0 Å². The number of hydrogen-bond acceptors (Lipinski definition) is 5. The van der Waals surface area contributed by atoms with Crippen molar-refractivity contribution < 1.29 is 34.8 Å². The Morgan fingerprint density at radius 2 is 1.49 bits per heavy atom. The number of aryl methyl sites for hydroxylation is 1. The summed E-state index contributed by atoms with van der Waals surface area (Å²) in [6.07, 6.45) is -3.65. The number of amides is 1. The van der Waals surface area contributed by atoms with Crippen LogP contribution in [-0.2, 0) is 32.8 Å². The minimum absolute atomic E-state index is 0.0572. The molecule has 0 bridgehead atoms. The van der Waals surface area contributed by atoms with E-state index in [2.05, 4.69) is 10.0 Å². The van der Waals surface area contributed by atoms with Crippen molar-refractivity contribution in [1.29, 1.82) is 0 Å². The molecular formula is C29H25ClF3N3O5S2. The second-order valence-corrected chi connectivity index (χ2v) is 13.6. The van der Waals surface area contributed by atoms with E-state index in [9.17, 15) is 34.8 Å². The molecule has 0 atom stereocenters. The Balaban J connectivity index is 1.43. The summed E-state index contributed by atoms with van der Waals surface area (Å²) in [5.41, 5.74) is 1.10. The molecule has 1 amide bonds. The van der Waals surface area contributed by atoms with Gasteiger partial charge in [-0.2, -0.15) is 13.2 Å². The van der Waals surface area contributed by atoms with E-state index >= 15 is 0 Å². The van der Waals surface area contributed by atoms with Gasteiger partial charge in [-0.25, -0.2) is 16.8 Å². The first-order valence-corrected chi connectivity index (χ1v) is 16.2. The van der Waals surface area contributed by atoms with Crippen LogP contribution in [0.4, 0.5) is 30.2 Å². The second kappa shape index (κ2) is 12.3. The minimum atomic E-state index is -4.77. The normalized spacial score (nSPS) is 12.0. The summed E-state index contributed by atoms with van der Waals surface area (Å²) >= 11 is 5.59. The van der Waals surface area contributed by atoms with Gasteiger partial charge in [0.25, 0.3) is 15.9 Å². The van der Waals surface area contributed by atoms with Crippen LogP contribution in [0.3, 0.4) is 0 Å². The first-order valence-electron chi connectivity index (χ1n) is 12.5. The number of nitrogens with zero attached hydrogens (tertiary/aromatic N) is 1. The largest absolute Gasteiger partial charge is 0.417 e. The molecule has 0 aromatic heterocycles. The van der Waals surface area contributed by atoms with Crippen molar-refractivity contribution in [3.05, 3.63) is 118 Å². The smallest absolute Gasteiger partial charge is 0.322 e. The molecule has 0 saturated carbocycles. The highest BCUT2D eigenvalue weighted by Gasteiger charge is 2.33. The number of carbonyl (C=O) groups excluding carboxylic acids is 1. The first kappa shape index (κ1) is 31.9. The summed E-state index contributed by atoms with van der Waals surface area (Å²) in [4.78, 5) is 12.5. The maximum atomic E-state index is 13.1. The molecule has 4 rings (SSSR count).